The number of aromatic amines is 1. The number of rotatable bonds is 3. The van der Waals surface area contributed by atoms with Gasteiger partial charge in [0.1, 0.15) is 11.0 Å². The zero-order valence-electron chi connectivity index (χ0n) is 15.9. The van der Waals surface area contributed by atoms with Crippen molar-refractivity contribution in [2.45, 2.75) is 53.4 Å². The fourth-order valence-electron chi connectivity index (χ4n) is 3.94. The van der Waals surface area contributed by atoms with Crippen LogP contribution in [0.15, 0.2) is 30.3 Å². The molecule has 4 heteroatoms. The Bertz CT molecular complexity index is 917. The molecule has 0 amide bonds. The van der Waals surface area contributed by atoms with E-state index in [1.54, 1.807) is 0 Å². The van der Waals surface area contributed by atoms with Crippen molar-refractivity contribution in [3.8, 4) is 11.1 Å². The average molecular weight is 356 g/mol. The van der Waals surface area contributed by atoms with Crippen LogP contribution in [0.2, 0.25) is 5.02 Å². The van der Waals surface area contributed by atoms with Crippen LogP contribution in [0.3, 0.4) is 0 Å². The Morgan fingerprint density at radius 3 is 2.36 bits per heavy atom. The summed E-state index contributed by atoms with van der Waals surface area (Å²) in [6.07, 6.45) is 1.12. The van der Waals surface area contributed by atoms with Crippen molar-refractivity contribution < 1.29 is 0 Å². The normalized spacial score (nSPS) is 12.8. The maximum Gasteiger partial charge on any atom is 0.122 e. The molecule has 0 saturated carbocycles. The number of halogens is 1. The molecule has 2 aromatic carbocycles. The summed E-state index contributed by atoms with van der Waals surface area (Å²) >= 11 is 6.50. The molecule has 0 fully saturated rings. The van der Waals surface area contributed by atoms with Crippen molar-refractivity contribution in [3.05, 3.63) is 46.5 Å². The second-order valence-corrected chi connectivity index (χ2v) is 9.17. The Hall–Kier alpha value is -1.87. The van der Waals surface area contributed by atoms with Gasteiger partial charge < -0.3 is 0 Å². The molecule has 132 valence electrons. The van der Waals surface area contributed by atoms with Crippen molar-refractivity contribution in [2.24, 2.45) is 5.41 Å². The lowest BCUT2D eigenvalue weighted by Crippen LogP contribution is -2.24. The lowest BCUT2D eigenvalue weighted by molar-refractivity contribution is 0.284. The van der Waals surface area contributed by atoms with Gasteiger partial charge >= 0.3 is 0 Å². The fourth-order valence-corrected chi connectivity index (χ4v) is 4.19. The molecule has 1 aromatic heterocycles. The number of nitrogens with zero attached hydrogens (tertiary/aromatic N) is 2. The Morgan fingerprint density at radius 1 is 1.00 bits per heavy atom. The van der Waals surface area contributed by atoms with Gasteiger partial charge in [-0.15, -0.1) is 0 Å². The molecular weight excluding hydrogens is 330 g/mol. The van der Waals surface area contributed by atoms with Crippen LogP contribution in [-0.4, -0.2) is 15.4 Å². The molecule has 0 aliphatic rings. The van der Waals surface area contributed by atoms with E-state index in [4.69, 9.17) is 11.6 Å². The van der Waals surface area contributed by atoms with Gasteiger partial charge in [-0.25, -0.2) is 0 Å². The molecule has 1 heterocycles. The third-order valence-corrected chi connectivity index (χ3v) is 5.00. The van der Waals surface area contributed by atoms with E-state index in [-0.39, 0.29) is 10.8 Å². The van der Waals surface area contributed by atoms with Crippen LogP contribution in [-0.2, 0) is 5.41 Å². The zero-order chi connectivity index (χ0) is 18.4. The SMILES string of the molecule is Cc1cc(C(C)(C)CC(C)(C)C)ccc1-c1c(Cl)ccc2n[nH]nc12. The summed E-state index contributed by atoms with van der Waals surface area (Å²) in [5, 5.41) is 11.9. The van der Waals surface area contributed by atoms with Crippen LogP contribution < -0.4 is 0 Å². The average Bonchev–Trinajstić information content (AvgIpc) is 2.94. The monoisotopic (exact) mass is 355 g/mol. The van der Waals surface area contributed by atoms with Crippen LogP contribution in [0.1, 0.15) is 52.2 Å². The van der Waals surface area contributed by atoms with Gasteiger partial charge in [0.15, 0.2) is 0 Å². The van der Waals surface area contributed by atoms with Crippen molar-refractivity contribution in [1.82, 2.24) is 15.4 Å². The second-order valence-electron chi connectivity index (χ2n) is 8.76. The number of nitrogens with one attached hydrogen (secondary N) is 1. The van der Waals surface area contributed by atoms with Gasteiger partial charge in [-0.1, -0.05) is 64.4 Å². The van der Waals surface area contributed by atoms with E-state index in [0.29, 0.717) is 5.02 Å². The molecule has 0 bridgehead atoms. The van der Waals surface area contributed by atoms with Gasteiger partial charge in [-0.05, 0) is 53.0 Å². The van der Waals surface area contributed by atoms with Crippen molar-refractivity contribution in [1.29, 1.82) is 0 Å². The first-order valence-corrected chi connectivity index (χ1v) is 9.07. The van der Waals surface area contributed by atoms with Crippen LogP contribution in [0.5, 0.6) is 0 Å². The number of hydrogen-bond donors (Lipinski definition) is 1. The number of fused-ring (bicyclic) bond motifs is 1. The molecule has 0 saturated heterocycles. The summed E-state index contributed by atoms with van der Waals surface area (Å²) in [5.41, 5.74) is 6.67. The number of hydrogen-bond acceptors (Lipinski definition) is 2. The number of aromatic nitrogens is 3. The van der Waals surface area contributed by atoms with E-state index in [9.17, 15) is 0 Å². The summed E-state index contributed by atoms with van der Waals surface area (Å²) < 4.78 is 0. The number of aryl methyl sites for hydroxylation is 1. The molecule has 3 aromatic rings. The topological polar surface area (TPSA) is 41.6 Å². The van der Waals surface area contributed by atoms with E-state index in [1.807, 2.05) is 12.1 Å². The van der Waals surface area contributed by atoms with Gasteiger partial charge in [0.25, 0.3) is 0 Å². The van der Waals surface area contributed by atoms with Gasteiger partial charge in [-0.2, -0.15) is 15.4 Å². The molecule has 0 radical (unpaired) electrons. The van der Waals surface area contributed by atoms with E-state index < -0.39 is 0 Å². The molecular formula is C21H26ClN3. The van der Waals surface area contributed by atoms with E-state index in [0.717, 1.165) is 28.6 Å². The summed E-state index contributed by atoms with van der Waals surface area (Å²) in [6.45, 7) is 13.7. The molecule has 25 heavy (non-hydrogen) atoms. The van der Waals surface area contributed by atoms with Crippen LogP contribution in [0, 0.1) is 12.3 Å². The molecule has 0 aliphatic carbocycles. The van der Waals surface area contributed by atoms with Gasteiger partial charge in [0.2, 0.25) is 0 Å². The Kier molecular flexibility index (Phi) is 4.40. The van der Waals surface area contributed by atoms with Crippen LogP contribution in [0.4, 0.5) is 0 Å². The van der Waals surface area contributed by atoms with Crippen molar-refractivity contribution in [3.63, 3.8) is 0 Å². The van der Waals surface area contributed by atoms with Crippen LogP contribution in [0.25, 0.3) is 22.2 Å². The number of benzene rings is 2. The summed E-state index contributed by atoms with van der Waals surface area (Å²) in [7, 11) is 0. The van der Waals surface area contributed by atoms with E-state index in [1.165, 1.54) is 11.1 Å². The van der Waals surface area contributed by atoms with Crippen molar-refractivity contribution >= 4 is 22.6 Å². The first-order valence-electron chi connectivity index (χ1n) is 8.69. The van der Waals surface area contributed by atoms with Crippen molar-refractivity contribution in [2.75, 3.05) is 0 Å². The molecule has 0 atom stereocenters. The highest BCUT2D eigenvalue weighted by atomic mass is 35.5. The molecule has 3 nitrogen and oxygen atoms in total. The van der Waals surface area contributed by atoms with E-state index >= 15 is 0 Å². The number of H-pyrrole nitrogens is 1. The maximum absolute atomic E-state index is 6.50. The minimum absolute atomic E-state index is 0.116. The van der Waals surface area contributed by atoms with Crippen LogP contribution >= 0.6 is 11.6 Å². The van der Waals surface area contributed by atoms with E-state index in [2.05, 4.69) is 75.2 Å². The smallest absolute Gasteiger partial charge is 0.122 e. The predicted octanol–water partition coefficient (Wildman–Crippen LogP) is 6.30. The standard InChI is InChI=1S/C21H26ClN3/c1-13-11-14(21(5,6)12-20(2,3)4)7-8-15(13)18-16(22)9-10-17-19(18)24-25-23-17/h7-11H,12H2,1-6H3,(H,23,24,25). The highest BCUT2D eigenvalue weighted by Gasteiger charge is 2.27. The molecule has 0 unspecified atom stereocenters. The van der Waals surface area contributed by atoms with Gasteiger partial charge in [-0.3, -0.25) is 0 Å². The Balaban J connectivity index is 2.09. The zero-order valence-corrected chi connectivity index (χ0v) is 16.6. The van der Waals surface area contributed by atoms with Gasteiger partial charge in [0.05, 0.1) is 5.02 Å². The summed E-state index contributed by atoms with van der Waals surface area (Å²) in [6, 6.07) is 10.5. The first-order chi connectivity index (χ1) is 11.6. The van der Waals surface area contributed by atoms with Gasteiger partial charge in [0, 0.05) is 5.56 Å². The lowest BCUT2D eigenvalue weighted by Gasteiger charge is -2.33. The third-order valence-electron chi connectivity index (χ3n) is 4.69. The second kappa shape index (κ2) is 6.14. The maximum atomic E-state index is 6.50. The Labute approximate surface area is 154 Å². The Morgan fingerprint density at radius 2 is 1.72 bits per heavy atom. The summed E-state index contributed by atoms with van der Waals surface area (Å²) in [5.74, 6) is 0. The molecule has 0 spiro atoms. The minimum atomic E-state index is 0.116. The first kappa shape index (κ1) is 17.9. The quantitative estimate of drug-likeness (QED) is 0.598. The molecule has 0 aliphatic heterocycles. The minimum Gasteiger partial charge on any atom is -0.197 e. The highest BCUT2D eigenvalue weighted by Crippen LogP contribution is 2.40. The summed E-state index contributed by atoms with van der Waals surface area (Å²) in [4.78, 5) is 0. The molecule has 1 N–H and O–H groups in total. The predicted molar refractivity (Wildman–Crippen MR) is 106 cm³/mol. The third kappa shape index (κ3) is 3.57. The molecule has 3 rings (SSSR count). The lowest BCUT2D eigenvalue weighted by atomic mass is 9.72. The largest absolute Gasteiger partial charge is 0.197 e. The fraction of sp³-hybridized carbons (Fsp3) is 0.429. The highest BCUT2D eigenvalue weighted by molar-refractivity contribution is 6.34.